The summed E-state index contributed by atoms with van der Waals surface area (Å²) in [7, 11) is 3.49. The van der Waals surface area contributed by atoms with E-state index < -0.39 is 0 Å². The van der Waals surface area contributed by atoms with Crippen LogP contribution in [0.5, 0.6) is 5.75 Å². The number of rotatable bonds is 2. The summed E-state index contributed by atoms with van der Waals surface area (Å²) >= 11 is 0. The molecule has 4 nitrogen and oxygen atoms in total. The first-order valence-corrected chi connectivity index (χ1v) is 5.07. The van der Waals surface area contributed by atoms with Gasteiger partial charge < -0.3 is 10.5 Å². The molecular formula is C12H15N3O. The molecule has 2 N–H and O–H groups in total. The zero-order valence-corrected chi connectivity index (χ0v) is 9.69. The summed E-state index contributed by atoms with van der Waals surface area (Å²) in [5, 5.41) is 4.34. The van der Waals surface area contributed by atoms with E-state index in [1.54, 1.807) is 11.8 Å². The van der Waals surface area contributed by atoms with Crippen LogP contribution in [0.25, 0.3) is 11.3 Å². The van der Waals surface area contributed by atoms with Crippen LogP contribution in [0, 0.1) is 6.92 Å². The molecule has 0 aliphatic heterocycles. The highest BCUT2D eigenvalue weighted by molar-refractivity contribution is 5.70. The van der Waals surface area contributed by atoms with Gasteiger partial charge in [0.2, 0.25) is 0 Å². The molecule has 0 amide bonds. The van der Waals surface area contributed by atoms with Gasteiger partial charge in [-0.3, -0.25) is 4.68 Å². The van der Waals surface area contributed by atoms with Crippen molar-refractivity contribution < 1.29 is 4.74 Å². The molecule has 0 aliphatic rings. The average Bonchev–Trinajstić information content (AvgIpc) is 2.59. The molecule has 0 spiro atoms. The Kier molecular flexibility index (Phi) is 2.56. The van der Waals surface area contributed by atoms with Crippen LogP contribution < -0.4 is 10.5 Å². The maximum atomic E-state index is 5.77. The van der Waals surface area contributed by atoms with E-state index in [0.717, 1.165) is 22.6 Å². The summed E-state index contributed by atoms with van der Waals surface area (Å²) in [5.41, 5.74) is 8.66. The Bertz CT molecular complexity index is 497. The topological polar surface area (TPSA) is 53.1 Å². The molecule has 16 heavy (non-hydrogen) atoms. The van der Waals surface area contributed by atoms with Crippen molar-refractivity contribution in [1.29, 1.82) is 0 Å². The quantitative estimate of drug-likeness (QED) is 0.836. The Morgan fingerprint density at radius 1 is 1.38 bits per heavy atom. The Labute approximate surface area is 94.6 Å². The van der Waals surface area contributed by atoms with E-state index in [1.807, 2.05) is 38.2 Å². The third-order valence-electron chi connectivity index (χ3n) is 2.61. The van der Waals surface area contributed by atoms with E-state index in [1.165, 1.54) is 0 Å². The van der Waals surface area contributed by atoms with Crippen LogP contribution in [-0.4, -0.2) is 16.9 Å². The van der Waals surface area contributed by atoms with Crippen LogP contribution in [-0.2, 0) is 7.05 Å². The van der Waals surface area contributed by atoms with E-state index in [4.69, 9.17) is 10.5 Å². The average molecular weight is 217 g/mol. The molecule has 0 atom stereocenters. The Morgan fingerprint density at radius 2 is 2.12 bits per heavy atom. The van der Waals surface area contributed by atoms with Crippen LogP contribution in [0.15, 0.2) is 24.3 Å². The van der Waals surface area contributed by atoms with Crippen molar-refractivity contribution in [2.75, 3.05) is 12.8 Å². The molecule has 0 unspecified atom stereocenters. The largest absolute Gasteiger partial charge is 0.496 e. The Hall–Kier alpha value is -1.97. The van der Waals surface area contributed by atoms with Gasteiger partial charge in [-0.2, -0.15) is 5.10 Å². The SMILES string of the molecule is COc1c(C)cccc1-c1cc(N)n(C)n1. The molecule has 84 valence electrons. The lowest BCUT2D eigenvalue weighted by atomic mass is 10.1. The van der Waals surface area contributed by atoms with Crippen molar-refractivity contribution in [3.05, 3.63) is 29.8 Å². The number of benzene rings is 1. The molecule has 0 saturated heterocycles. The summed E-state index contributed by atoms with van der Waals surface area (Å²) in [6.07, 6.45) is 0. The minimum absolute atomic E-state index is 0.638. The first-order chi connectivity index (χ1) is 7.63. The Morgan fingerprint density at radius 3 is 2.69 bits per heavy atom. The van der Waals surface area contributed by atoms with Crippen molar-refractivity contribution in [3.63, 3.8) is 0 Å². The standard InChI is InChI=1S/C12H15N3O/c1-8-5-4-6-9(12(8)16-3)10-7-11(13)15(2)14-10/h4-7H,13H2,1-3H3. The van der Waals surface area contributed by atoms with Gasteiger partial charge in [0.05, 0.1) is 12.8 Å². The van der Waals surface area contributed by atoms with Crippen LogP contribution in [0.1, 0.15) is 5.56 Å². The van der Waals surface area contributed by atoms with Crippen molar-refractivity contribution in [2.45, 2.75) is 6.92 Å². The van der Waals surface area contributed by atoms with Gasteiger partial charge in [-0.25, -0.2) is 0 Å². The molecule has 0 bridgehead atoms. The predicted molar refractivity (Wildman–Crippen MR) is 64.3 cm³/mol. The first-order valence-electron chi connectivity index (χ1n) is 5.07. The van der Waals surface area contributed by atoms with Gasteiger partial charge in [0, 0.05) is 18.7 Å². The highest BCUT2D eigenvalue weighted by Crippen LogP contribution is 2.32. The molecule has 1 aromatic carbocycles. The predicted octanol–water partition coefficient (Wildman–Crippen LogP) is 1.99. The van der Waals surface area contributed by atoms with E-state index in [0.29, 0.717) is 5.82 Å². The van der Waals surface area contributed by atoms with Crippen LogP contribution >= 0.6 is 0 Å². The molecule has 1 aromatic heterocycles. The van der Waals surface area contributed by atoms with Crippen LogP contribution in [0.3, 0.4) is 0 Å². The molecule has 0 radical (unpaired) electrons. The van der Waals surface area contributed by atoms with Gasteiger partial charge in [-0.1, -0.05) is 12.1 Å². The second-order valence-electron chi connectivity index (χ2n) is 3.73. The van der Waals surface area contributed by atoms with E-state index in [9.17, 15) is 0 Å². The van der Waals surface area contributed by atoms with Crippen molar-refractivity contribution in [1.82, 2.24) is 9.78 Å². The summed E-state index contributed by atoms with van der Waals surface area (Å²) in [6, 6.07) is 7.82. The zero-order chi connectivity index (χ0) is 11.7. The highest BCUT2D eigenvalue weighted by atomic mass is 16.5. The lowest BCUT2D eigenvalue weighted by Crippen LogP contribution is -1.97. The molecule has 2 rings (SSSR count). The second kappa shape index (κ2) is 3.89. The lowest BCUT2D eigenvalue weighted by molar-refractivity contribution is 0.413. The number of nitrogens with two attached hydrogens (primary N) is 1. The maximum Gasteiger partial charge on any atom is 0.131 e. The number of aromatic nitrogens is 2. The number of hydrogen-bond acceptors (Lipinski definition) is 3. The molecular weight excluding hydrogens is 202 g/mol. The second-order valence-corrected chi connectivity index (χ2v) is 3.73. The van der Waals surface area contributed by atoms with E-state index >= 15 is 0 Å². The lowest BCUT2D eigenvalue weighted by Gasteiger charge is -2.08. The Balaban J connectivity index is 2.59. The zero-order valence-electron chi connectivity index (χ0n) is 9.69. The van der Waals surface area contributed by atoms with Gasteiger partial charge in [0.15, 0.2) is 0 Å². The number of para-hydroxylation sites is 1. The molecule has 0 saturated carbocycles. The summed E-state index contributed by atoms with van der Waals surface area (Å²) < 4.78 is 7.04. The van der Waals surface area contributed by atoms with Gasteiger partial charge in [0.1, 0.15) is 11.6 Å². The van der Waals surface area contributed by atoms with Gasteiger partial charge in [-0.15, -0.1) is 0 Å². The molecule has 4 heteroatoms. The number of ether oxygens (including phenoxy) is 1. The van der Waals surface area contributed by atoms with Crippen molar-refractivity contribution in [2.24, 2.45) is 7.05 Å². The number of anilines is 1. The first kappa shape index (κ1) is 10.5. The highest BCUT2D eigenvalue weighted by Gasteiger charge is 2.11. The molecule has 0 fully saturated rings. The minimum Gasteiger partial charge on any atom is -0.496 e. The third-order valence-corrected chi connectivity index (χ3v) is 2.61. The molecule has 1 heterocycles. The van der Waals surface area contributed by atoms with Gasteiger partial charge in [-0.05, 0) is 18.6 Å². The molecule has 2 aromatic rings. The summed E-state index contributed by atoms with van der Waals surface area (Å²) in [4.78, 5) is 0. The summed E-state index contributed by atoms with van der Waals surface area (Å²) in [5.74, 6) is 1.49. The number of nitrogen functional groups attached to an aromatic ring is 1. The maximum absolute atomic E-state index is 5.77. The smallest absolute Gasteiger partial charge is 0.131 e. The number of aryl methyl sites for hydroxylation is 2. The fraction of sp³-hybridized carbons (Fsp3) is 0.250. The third kappa shape index (κ3) is 1.62. The van der Waals surface area contributed by atoms with E-state index in [2.05, 4.69) is 5.10 Å². The van der Waals surface area contributed by atoms with E-state index in [-0.39, 0.29) is 0 Å². The van der Waals surface area contributed by atoms with Gasteiger partial charge >= 0.3 is 0 Å². The number of nitrogens with zero attached hydrogens (tertiary/aromatic N) is 2. The monoisotopic (exact) mass is 217 g/mol. The number of methoxy groups -OCH3 is 1. The van der Waals surface area contributed by atoms with Crippen molar-refractivity contribution >= 4 is 5.82 Å². The fourth-order valence-corrected chi connectivity index (χ4v) is 1.74. The van der Waals surface area contributed by atoms with Crippen LogP contribution in [0.4, 0.5) is 5.82 Å². The summed E-state index contributed by atoms with van der Waals surface area (Å²) in [6.45, 7) is 2.01. The number of hydrogen-bond donors (Lipinski definition) is 1. The minimum atomic E-state index is 0.638. The van der Waals surface area contributed by atoms with Crippen molar-refractivity contribution in [3.8, 4) is 17.0 Å². The van der Waals surface area contributed by atoms with Crippen LogP contribution in [0.2, 0.25) is 0 Å². The normalized spacial score (nSPS) is 10.4. The fourth-order valence-electron chi connectivity index (χ4n) is 1.74. The molecule has 0 aliphatic carbocycles. The van der Waals surface area contributed by atoms with Gasteiger partial charge in [0.25, 0.3) is 0 Å².